The Kier molecular flexibility index (Phi) is 5.18. The minimum absolute atomic E-state index is 0.0497. The van der Waals surface area contributed by atoms with E-state index in [1.165, 1.54) is 15.5 Å². The molecule has 0 unspecified atom stereocenters. The number of aromatic nitrogens is 3. The fourth-order valence-corrected chi connectivity index (χ4v) is 3.39. The Morgan fingerprint density at radius 2 is 1.83 bits per heavy atom. The van der Waals surface area contributed by atoms with Gasteiger partial charge in [-0.3, -0.25) is 14.2 Å². The highest BCUT2D eigenvalue weighted by Crippen LogP contribution is 2.16. The van der Waals surface area contributed by atoms with Gasteiger partial charge >= 0.3 is 5.69 Å². The van der Waals surface area contributed by atoms with E-state index < -0.39 is 23.3 Å². The van der Waals surface area contributed by atoms with Gasteiger partial charge in [0.1, 0.15) is 12.4 Å². The molecule has 0 spiro atoms. The molecule has 3 aromatic rings. The number of nitrogens with one attached hydrogen (secondary N) is 1. The molecule has 154 valence electrons. The number of amides is 2. The normalized spacial score (nSPS) is 13.3. The lowest BCUT2D eigenvalue weighted by molar-refractivity contribution is -0.117. The Balaban J connectivity index is 1.51. The van der Waals surface area contributed by atoms with Gasteiger partial charge in [-0.2, -0.15) is 0 Å². The van der Waals surface area contributed by atoms with Crippen LogP contribution in [0.3, 0.4) is 0 Å². The number of fused-ring (bicyclic) bond motifs is 1. The van der Waals surface area contributed by atoms with Crippen molar-refractivity contribution in [3.8, 4) is 0 Å². The minimum Gasteiger partial charge on any atom is -0.330 e. The zero-order chi connectivity index (χ0) is 21.3. The molecule has 4 rings (SSSR count). The van der Waals surface area contributed by atoms with Gasteiger partial charge in [0, 0.05) is 30.9 Å². The van der Waals surface area contributed by atoms with E-state index >= 15 is 0 Å². The number of benzene rings is 2. The molecule has 2 heterocycles. The van der Waals surface area contributed by atoms with Crippen LogP contribution >= 0.6 is 0 Å². The molecule has 1 aliphatic heterocycles. The van der Waals surface area contributed by atoms with Gasteiger partial charge in [-0.1, -0.05) is 36.4 Å². The van der Waals surface area contributed by atoms with Crippen LogP contribution in [0.15, 0.2) is 53.3 Å². The van der Waals surface area contributed by atoms with Gasteiger partial charge in [0.25, 0.3) is 5.91 Å². The van der Waals surface area contributed by atoms with Crippen LogP contribution in [0, 0.1) is 12.7 Å². The van der Waals surface area contributed by atoms with Crippen LogP contribution in [0.1, 0.15) is 21.7 Å². The number of hydrogen-bond donors (Lipinski definition) is 1. The Bertz CT molecular complexity index is 1180. The lowest BCUT2D eigenvalue weighted by Gasteiger charge is -2.26. The first-order valence-electron chi connectivity index (χ1n) is 9.50. The van der Waals surface area contributed by atoms with Crippen LogP contribution in [-0.2, 0) is 24.4 Å². The van der Waals surface area contributed by atoms with E-state index in [9.17, 15) is 18.8 Å². The molecule has 0 aliphatic carbocycles. The molecule has 8 nitrogen and oxygen atoms in total. The third-order valence-corrected chi connectivity index (χ3v) is 5.03. The largest absolute Gasteiger partial charge is 0.346 e. The van der Waals surface area contributed by atoms with Gasteiger partial charge in [0.05, 0.1) is 0 Å². The van der Waals surface area contributed by atoms with Gasteiger partial charge in [-0.05, 0) is 24.6 Å². The fraction of sp³-hybridized carbons (Fsp3) is 0.238. The summed E-state index contributed by atoms with van der Waals surface area (Å²) in [6.45, 7) is 2.11. The van der Waals surface area contributed by atoms with E-state index in [0.717, 1.165) is 10.2 Å². The molecule has 0 fully saturated rings. The van der Waals surface area contributed by atoms with Crippen molar-refractivity contribution in [2.24, 2.45) is 0 Å². The third-order valence-electron chi connectivity index (χ3n) is 5.03. The molecule has 0 saturated carbocycles. The second-order valence-electron chi connectivity index (χ2n) is 7.10. The summed E-state index contributed by atoms with van der Waals surface area (Å²) in [5.41, 5.74) is 1.40. The van der Waals surface area contributed by atoms with Gasteiger partial charge in [0.15, 0.2) is 0 Å². The highest BCUT2D eigenvalue weighted by atomic mass is 19.1. The second kappa shape index (κ2) is 7.94. The maximum atomic E-state index is 13.9. The molecular weight excluding hydrogens is 389 g/mol. The zero-order valence-electron chi connectivity index (χ0n) is 16.3. The molecule has 2 aromatic carbocycles. The van der Waals surface area contributed by atoms with E-state index in [2.05, 4.69) is 10.4 Å². The number of para-hydroxylation sites is 1. The van der Waals surface area contributed by atoms with Crippen molar-refractivity contribution < 1.29 is 14.0 Å². The average Bonchev–Trinajstić information content (AvgIpc) is 3.04. The molecule has 1 N–H and O–H groups in total. The highest BCUT2D eigenvalue weighted by molar-refractivity contribution is 5.92. The maximum Gasteiger partial charge on any atom is 0.346 e. The number of anilines is 1. The predicted octanol–water partition coefficient (Wildman–Crippen LogP) is 1.79. The molecule has 1 aromatic heterocycles. The van der Waals surface area contributed by atoms with E-state index in [1.807, 2.05) is 19.1 Å². The first-order chi connectivity index (χ1) is 14.4. The SMILES string of the molecule is Cc1ccccc1NC(=O)Cn1nc2n(c1=O)CCN(Cc1ccccc1F)C2=O. The van der Waals surface area contributed by atoms with Crippen molar-refractivity contribution in [3.05, 3.63) is 81.8 Å². The van der Waals surface area contributed by atoms with Crippen LogP contribution in [0.25, 0.3) is 0 Å². The Morgan fingerprint density at radius 1 is 1.10 bits per heavy atom. The Morgan fingerprint density at radius 3 is 2.60 bits per heavy atom. The number of nitrogens with zero attached hydrogens (tertiary/aromatic N) is 4. The summed E-state index contributed by atoms with van der Waals surface area (Å²) in [5, 5.41) is 6.81. The highest BCUT2D eigenvalue weighted by Gasteiger charge is 2.30. The summed E-state index contributed by atoms with van der Waals surface area (Å²) in [7, 11) is 0. The van der Waals surface area contributed by atoms with E-state index in [0.29, 0.717) is 11.3 Å². The first-order valence-corrected chi connectivity index (χ1v) is 9.50. The molecule has 0 radical (unpaired) electrons. The van der Waals surface area contributed by atoms with Crippen LogP contribution in [-0.4, -0.2) is 37.6 Å². The number of carbonyl (C=O) groups excluding carboxylic acids is 2. The van der Waals surface area contributed by atoms with Crippen molar-refractivity contribution >= 4 is 17.5 Å². The standard InChI is InChI=1S/C21H20FN5O3/c1-14-6-2-5-9-17(14)23-18(28)13-27-21(30)26-11-10-25(20(29)19(26)24-27)12-15-7-3-4-8-16(15)22/h2-9H,10-13H2,1H3,(H,23,28). The summed E-state index contributed by atoms with van der Waals surface area (Å²) in [6, 6.07) is 13.5. The molecule has 30 heavy (non-hydrogen) atoms. The van der Waals surface area contributed by atoms with Crippen molar-refractivity contribution in [1.29, 1.82) is 0 Å². The fourth-order valence-electron chi connectivity index (χ4n) is 3.39. The molecule has 0 atom stereocenters. The number of hydrogen-bond acceptors (Lipinski definition) is 4. The molecular formula is C21H20FN5O3. The average molecular weight is 409 g/mol. The quantitative estimate of drug-likeness (QED) is 0.696. The van der Waals surface area contributed by atoms with Gasteiger partial charge in [0.2, 0.25) is 11.7 Å². The van der Waals surface area contributed by atoms with Crippen molar-refractivity contribution in [2.45, 2.75) is 26.6 Å². The van der Waals surface area contributed by atoms with E-state index in [1.54, 1.807) is 30.3 Å². The minimum atomic E-state index is -0.524. The Hall–Kier alpha value is -3.75. The summed E-state index contributed by atoms with van der Waals surface area (Å²) in [4.78, 5) is 39.2. The molecule has 2 amide bonds. The van der Waals surface area contributed by atoms with Gasteiger partial charge in [-0.25, -0.2) is 13.9 Å². The number of carbonyl (C=O) groups is 2. The lowest BCUT2D eigenvalue weighted by atomic mass is 10.2. The first kappa shape index (κ1) is 19.6. The van der Waals surface area contributed by atoms with E-state index in [4.69, 9.17) is 0 Å². The summed E-state index contributed by atoms with van der Waals surface area (Å²) in [6.07, 6.45) is 0. The zero-order valence-corrected chi connectivity index (χ0v) is 16.3. The van der Waals surface area contributed by atoms with E-state index in [-0.39, 0.29) is 32.0 Å². The molecule has 0 bridgehead atoms. The molecule has 9 heteroatoms. The Labute approximate surface area is 171 Å². The summed E-state index contributed by atoms with van der Waals surface area (Å²) in [5.74, 6) is -1.34. The van der Waals surface area contributed by atoms with Crippen molar-refractivity contribution in [2.75, 3.05) is 11.9 Å². The van der Waals surface area contributed by atoms with Crippen molar-refractivity contribution in [1.82, 2.24) is 19.2 Å². The second-order valence-corrected chi connectivity index (χ2v) is 7.10. The summed E-state index contributed by atoms with van der Waals surface area (Å²) < 4.78 is 16.2. The van der Waals surface area contributed by atoms with Crippen LogP contribution < -0.4 is 11.0 Å². The summed E-state index contributed by atoms with van der Waals surface area (Å²) >= 11 is 0. The van der Waals surface area contributed by atoms with Crippen LogP contribution in [0.2, 0.25) is 0 Å². The van der Waals surface area contributed by atoms with Gasteiger partial charge < -0.3 is 10.2 Å². The maximum absolute atomic E-state index is 13.9. The smallest absolute Gasteiger partial charge is 0.330 e. The predicted molar refractivity (Wildman–Crippen MR) is 107 cm³/mol. The van der Waals surface area contributed by atoms with Gasteiger partial charge in [-0.15, -0.1) is 5.10 Å². The monoisotopic (exact) mass is 409 g/mol. The van der Waals surface area contributed by atoms with Crippen LogP contribution in [0.4, 0.5) is 10.1 Å². The third kappa shape index (κ3) is 3.73. The molecule has 0 saturated heterocycles. The number of halogens is 1. The number of rotatable bonds is 5. The van der Waals surface area contributed by atoms with Crippen molar-refractivity contribution in [3.63, 3.8) is 0 Å². The lowest BCUT2D eigenvalue weighted by Crippen LogP contribution is -2.42. The molecule has 1 aliphatic rings. The van der Waals surface area contributed by atoms with Crippen LogP contribution in [0.5, 0.6) is 0 Å². The number of aryl methyl sites for hydroxylation is 1. The topological polar surface area (TPSA) is 89.2 Å².